The summed E-state index contributed by atoms with van der Waals surface area (Å²) in [7, 11) is 0. The number of hydrogen-bond acceptors (Lipinski definition) is 2. The molecule has 0 radical (unpaired) electrons. The van der Waals surface area contributed by atoms with E-state index in [9.17, 15) is 0 Å². The van der Waals surface area contributed by atoms with Crippen molar-refractivity contribution in [2.75, 3.05) is 9.80 Å². The third kappa shape index (κ3) is 5.38. The molecule has 0 bridgehead atoms. The molecule has 0 aromatic heterocycles. The minimum atomic E-state index is -0.619. The molecule has 2 heteroatoms. The second-order valence-corrected chi connectivity index (χ2v) is 17.4. The van der Waals surface area contributed by atoms with E-state index in [0.717, 1.165) is 22.7 Å². The molecule has 2 nitrogen and oxygen atoms in total. The zero-order valence-corrected chi connectivity index (χ0v) is 36.0. The van der Waals surface area contributed by atoms with Gasteiger partial charge in [0.15, 0.2) is 0 Å². The second-order valence-electron chi connectivity index (χ2n) is 17.4. The van der Waals surface area contributed by atoms with Crippen LogP contribution in [0.15, 0.2) is 206 Å². The predicted octanol–water partition coefficient (Wildman–Crippen LogP) is 16.5. The van der Waals surface area contributed by atoms with Crippen molar-refractivity contribution in [3.05, 3.63) is 251 Å². The Morgan fingerprint density at radius 1 is 0.286 bits per heavy atom. The van der Waals surface area contributed by atoms with Gasteiger partial charge in [0.05, 0.1) is 16.8 Å². The van der Waals surface area contributed by atoms with Crippen LogP contribution in [0.25, 0.3) is 43.8 Å². The van der Waals surface area contributed by atoms with Gasteiger partial charge in [-0.15, -0.1) is 0 Å². The minimum absolute atomic E-state index is 0.619. The molecular formula is C61H46N2. The van der Waals surface area contributed by atoms with E-state index in [1.807, 2.05) is 0 Å². The van der Waals surface area contributed by atoms with E-state index in [4.69, 9.17) is 0 Å². The molecule has 2 aliphatic carbocycles. The predicted molar refractivity (Wildman–Crippen MR) is 266 cm³/mol. The molecule has 0 unspecified atom stereocenters. The number of benzene rings is 10. The number of hydrogen-bond donors (Lipinski definition) is 0. The van der Waals surface area contributed by atoms with Gasteiger partial charge in [-0.1, -0.05) is 146 Å². The van der Waals surface area contributed by atoms with Gasteiger partial charge >= 0.3 is 0 Å². The van der Waals surface area contributed by atoms with Crippen molar-refractivity contribution in [2.24, 2.45) is 0 Å². The van der Waals surface area contributed by atoms with Crippen LogP contribution < -0.4 is 9.80 Å². The van der Waals surface area contributed by atoms with E-state index in [2.05, 4.69) is 244 Å². The van der Waals surface area contributed by atoms with E-state index in [1.54, 1.807) is 0 Å². The summed E-state index contributed by atoms with van der Waals surface area (Å²) < 4.78 is 0. The summed E-state index contributed by atoms with van der Waals surface area (Å²) in [5, 5.41) is 4.94. The summed E-state index contributed by atoms with van der Waals surface area (Å²) in [5.74, 6) is 0. The molecule has 0 fully saturated rings. The Morgan fingerprint density at radius 2 is 0.651 bits per heavy atom. The zero-order chi connectivity index (χ0) is 42.4. The van der Waals surface area contributed by atoms with Crippen LogP contribution in [0.4, 0.5) is 34.1 Å². The highest BCUT2D eigenvalue weighted by Crippen LogP contribution is 2.67. The SMILES string of the molecule is Cc1ccc(N(c2ccccc2)c2cc3c(c4ccccc24)-c2c(cc(N(c4ccccc4)c4ccc(C)c(C)c4)c4ccccc24)C32c3ccccc3-c3ccccc32)cc1C. The van der Waals surface area contributed by atoms with Gasteiger partial charge in [-0.3, -0.25) is 0 Å². The number of nitrogens with zero attached hydrogens (tertiary/aromatic N) is 2. The average Bonchev–Trinajstić information content (AvgIpc) is 3.80. The summed E-state index contributed by atoms with van der Waals surface area (Å²) in [4.78, 5) is 4.97. The average molecular weight is 807 g/mol. The molecule has 0 atom stereocenters. The van der Waals surface area contributed by atoms with Gasteiger partial charge in [0.1, 0.15) is 0 Å². The first-order valence-corrected chi connectivity index (χ1v) is 22.1. The Hall–Kier alpha value is -7.68. The maximum atomic E-state index is 2.56. The summed E-state index contributed by atoms with van der Waals surface area (Å²) in [6.45, 7) is 8.84. The molecule has 0 saturated heterocycles. The van der Waals surface area contributed by atoms with Crippen LogP contribution in [0.2, 0.25) is 0 Å². The van der Waals surface area contributed by atoms with E-state index < -0.39 is 5.41 Å². The van der Waals surface area contributed by atoms with Crippen molar-refractivity contribution in [1.29, 1.82) is 0 Å². The molecule has 10 aromatic carbocycles. The Morgan fingerprint density at radius 3 is 1.06 bits per heavy atom. The van der Waals surface area contributed by atoms with Crippen molar-refractivity contribution in [3.63, 3.8) is 0 Å². The normalized spacial score (nSPS) is 12.9. The fraction of sp³-hybridized carbons (Fsp3) is 0.0820. The summed E-state index contributed by atoms with van der Waals surface area (Å²) in [6.07, 6.45) is 0. The summed E-state index contributed by atoms with van der Waals surface area (Å²) in [6, 6.07) is 77.3. The van der Waals surface area contributed by atoms with Gasteiger partial charge in [0.25, 0.3) is 0 Å². The monoisotopic (exact) mass is 806 g/mol. The van der Waals surface area contributed by atoms with Crippen LogP contribution in [0.1, 0.15) is 44.5 Å². The van der Waals surface area contributed by atoms with E-state index in [1.165, 1.54) is 99.7 Å². The van der Waals surface area contributed by atoms with Crippen molar-refractivity contribution in [1.82, 2.24) is 0 Å². The standard InChI is InChI=1S/C61H46N2/c1-39-31-33-45(35-41(39)3)62(43-19-7-5-8-20-43)57-37-55-59(51-27-13-11-25-49(51)57)60-52-28-14-12-26-50(52)58(63(44-21-9-6-10-22-44)46-34-32-40(2)42(4)36-46)38-56(60)61(55)53-29-17-15-23-47(53)48-24-16-18-30-54(48)61/h5-38H,1-4H3. The number of fused-ring (bicyclic) bond motifs is 14. The number of rotatable bonds is 6. The molecule has 10 aromatic rings. The molecule has 63 heavy (non-hydrogen) atoms. The largest absolute Gasteiger partial charge is 0.310 e. The van der Waals surface area contributed by atoms with Crippen LogP contribution >= 0.6 is 0 Å². The number of aryl methyl sites for hydroxylation is 4. The Bertz CT molecular complexity index is 3220. The fourth-order valence-electron chi connectivity index (χ4n) is 10.9. The van der Waals surface area contributed by atoms with E-state index in [0.29, 0.717) is 0 Å². The third-order valence-corrected chi connectivity index (χ3v) is 14.1. The van der Waals surface area contributed by atoms with E-state index in [-0.39, 0.29) is 0 Å². The lowest BCUT2D eigenvalue weighted by atomic mass is 9.70. The first kappa shape index (κ1) is 37.1. The molecular weight excluding hydrogens is 761 g/mol. The van der Waals surface area contributed by atoms with Crippen molar-refractivity contribution in [3.8, 4) is 22.3 Å². The molecule has 0 heterocycles. The Kier molecular flexibility index (Phi) is 8.36. The molecule has 2 aliphatic rings. The minimum Gasteiger partial charge on any atom is -0.310 e. The maximum Gasteiger partial charge on any atom is 0.0727 e. The van der Waals surface area contributed by atoms with Gasteiger partial charge in [0, 0.05) is 33.5 Å². The van der Waals surface area contributed by atoms with E-state index >= 15 is 0 Å². The lowest BCUT2D eigenvalue weighted by Gasteiger charge is -2.34. The van der Waals surface area contributed by atoms with Crippen molar-refractivity contribution in [2.45, 2.75) is 33.1 Å². The molecule has 0 aliphatic heterocycles. The number of para-hydroxylation sites is 2. The second kappa shape index (κ2) is 14.2. The third-order valence-electron chi connectivity index (χ3n) is 14.1. The van der Waals surface area contributed by atoms with Gasteiger partial charge in [-0.05, 0) is 166 Å². The molecule has 1 spiro atoms. The quantitative estimate of drug-likeness (QED) is 0.165. The lowest BCUT2D eigenvalue weighted by molar-refractivity contribution is 0.795. The molecule has 12 rings (SSSR count). The molecule has 0 amide bonds. The van der Waals surface area contributed by atoms with Crippen LogP contribution in [0.3, 0.4) is 0 Å². The Labute approximate surface area is 370 Å². The number of anilines is 6. The highest BCUT2D eigenvalue weighted by Gasteiger charge is 2.53. The molecule has 0 saturated carbocycles. The maximum absolute atomic E-state index is 2.56. The summed E-state index contributed by atoms with van der Waals surface area (Å²) in [5.41, 5.74) is 21.8. The van der Waals surface area contributed by atoms with Gasteiger partial charge in [-0.25, -0.2) is 0 Å². The fourth-order valence-corrected chi connectivity index (χ4v) is 10.9. The van der Waals surface area contributed by atoms with Crippen molar-refractivity contribution < 1.29 is 0 Å². The first-order chi connectivity index (χ1) is 30.9. The van der Waals surface area contributed by atoms with Crippen LogP contribution in [-0.2, 0) is 5.41 Å². The van der Waals surface area contributed by atoms with Gasteiger partial charge < -0.3 is 9.80 Å². The van der Waals surface area contributed by atoms with Crippen LogP contribution in [0.5, 0.6) is 0 Å². The van der Waals surface area contributed by atoms with Crippen LogP contribution in [0, 0.1) is 27.7 Å². The first-order valence-electron chi connectivity index (χ1n) is 22.1. The van der Waals surface area contributed by atoms with Gasteiger partial charge in [0.2, 0.25) is 0 Å². The summed E-state index contributed by atoms with van der Waals surface area (Å²) >= 11 is 0. The molecule has 0 N–H and O–H groups in total. The highest BCUT2D eigenvalue weighted by atomic mass is 15.2. The smallest absolute Gasteiger partial charge is 0.0727 e. The molecule has 300 valence electrons. The van der Waals surface area contributed by atoms with Gasteiger partial charge in [-0.2, -0.15) is 0 Å². The van der Waals surface area contributed by atoms with Crippen LogP contribution in [-0.4, -0.2) is 0 Å². The zero-order valence-electron chi connectivity index (χ0n) is 36.0. The topological polar surface area (TPSA) is 6.48 Å². The lowest BCUT2D eigenvalue weighted by Crippen LogP contribution is -2.26. The van der Waals surface area contributed by atoms with Crippen molar-refractivity contribution >= 4 is 55.7 Å². The highest BCUT2D eigenvalue weighted by molar-refractivity contribution is 6.19. The Balaban J connectivity index is 1.26.